The molecule has 0 atom stereocenters. The third-order valence-corrected chi connectivity index (χ3v) is 3.66. The summed E-state index contributed by atoms with van der Waals surface area (Å²) in [5, 5.41) is 19.6. The van der Waals surface area contributed by atoms with E-state index in [1.807, 2.05) is 37.3 Å². The van der Waals surface area contributed by atoms with Gasteiger partial charge in [0.25, 0.3) is 5.91 Å². The van der Waals surface area contributed by atoms with E-state index in [1.165, 1.54) is 12.1 Å². The second-order valence-corrected chi connectivity index (χ2v) is 5.53. The van der Waals surface area contributed by atoms with Gasteiger partial charge in [-0.3, -0.25) is 4.79 Å². The number of hydrogen-bond acceptors (Lipinski definition) is 3. The predicted molar refractivity (Wildman–Crippen MR) is 94.0 cm³/mol. The Kier molecular flexibility index (Phi) is 5.86. The third-order valence-electron chi connectivity index (χ3n) is 3.66. The van der Waals surface area contributed by atoms with Crippen LogP contribution in [0.15, 0.2) is 42.5 Å². The lowest BCUT2D eigenvalue weighted by atomic mass is 10.1. The molecule has 0 aromatic heterocycles. The first-order valence-electron chi connectivity index (χ1n) is 7.88. The van der Waals surface area contributed by atoms with Crippen LogP contribution in [0, 0.1) is 18.8 Å². The smallest absolute Gasteiger partial charge is 0.254 e. The highest BCUT2D eigenvalue weighted by atomic mass is 16.3. The van der Waals surface area contributed by atoms with E-state index in [0.29, 0.717) is 12.1 Å². The molecule has 0 heterocycles. The summed E-state index contributed by atoms with van der Waals surface area (Å²) in [5.41, 5.74) is 1.51. The summed E-state index contributed by atoms with van der Waals surface area (Å²) in [7, 11) is 0. The van der Waals surface area contributed by atoms with Gasteiger partial charge in [-0.2, -0.15) is 0 Å². The minimum absolute atomic E-state index is 0.0924. The van der Waals surface area contributed by atoms with Crippen molar-refractivity contribution in [3.05, 3.63) is 59.2 Å². The monoisotopic (exact) mass is 323 g/mol. The maximum atomic E-state index is 12.6. The van der Waals surface area contributed by atoms with Crippen molar-refractivity contribution in [2.75, 3.05) is 13.1 Å². The summed E-state index contributed by atoms with van der Waals surface area (Å²) >= 11 is 0. The lowest BCUT2D eigenvalue weighted by Crippen LogP contribution is -2.32. The molecule has 0 aliphatic heterocycles. The maximum absolute atomic E-state index is 12.6. The zero-order chi connectivity index (χ0) is 17.5. The van der Waals surface area contributed by atoms with Crippen molar-refractivity contribution in [3.63, 3.8) is 0 Å². The summed E-state index contributed by atoms with van der Waals surface area (Å²) in [5.74, 6) is 5.59. The highest BCUT2D eigenvalue weighted by molar-refractivity contribution is 5.95. The van der Waals surface area contributed by atoms with Crippen molar-refractivity contribution in [1.82, 2.24) is 4.90 Å². The van der Waals surface area contributed by atoms with Gasteiger partial charge in [-0.1, -0.05) is 37.0 Å². The first-order chi connectivity index (χ1) is 11.5. The fraction of sp³-hybridized carbons (Fsp3) is 0.250. The molecule has 0 spiro atoms. The molecule has 0 radical (unpaired) electrons. The molecule has 4 nitrogen and oxygen atoms in total. The Morgan fingerprint density at radius 2 is 1.75 bits per heavy atom. The molecule has 0 aliphatic rings. The molecule has 0 bridgehead atoms. The van der Waals surface area contributed by atoms with Crippen LogP contribution in [0.1, 0.15) is 34.8 Å². The zero-order valence-electron chi connectivity index (χ0n) is 13.9. The number of amides is 1. The number of carbonyl (C=O) groups excluding carboxylic acids is 1. The largest absolute Gasteiger partial charge is 0.508 e. The molecule has 0 fully saturated rings. The second kappa shape index (κ2) is 8.07. The van der Waals surface area contributed by atoms with Crippen molar-refractivity contribution in [3.8, 4) is 23.3 Å². The Balaban J connectivity index is 2.18. The molecule has 0 saturated heterocycles. The number of hydrogen-bond donors (Lipinski definition) is 2. The van der Waals surface area contributed by atoms with Crippen molar-refractivity contribution >= 4 is 5.91 Å². The number of aromatic hydroxyl groups is 2. The standard InChI is InChI=1S/C20H21NO3/c1-3-11-21(12-7-10-16-8-5-4-6-9-16)20(24)17-13-18(22)15(2)19(23)14-17/h4-6,8-9,13-14,22-23H,3,11-12H2,1-2H3. The maximum Gasteiger partial charge on any atom is 0.254 e. The highest BCUT2D eigenvalue weighted by Crippen LogP contribution is 2.28. The van der Waals surface area contributed by atoms with Crippen LogP contribution in [-0.4, -0.2) is 34.1 Å². The van der Waals surface area contributed by atoms with E-state index in [0.717, 1.165) is 12.0 Å². The summed E-state index contributed by atoms with van der Waals surface area (Å²) in [6, 6.07) is 12.3. The second-order valence-electron chi connectivity index (χ2n) is 5.53. The zero-order valence-corrected chi connectivity index (χ0v) is 13.9. The lowest BCUT2D eigenvalue weighted by Gasteiger charge is -2.20. The molecule has 2 N–H and O–H groups in total. The van der Waals surface area contributed by atoms with E-state index in [9.17, 15) is 15.0 Å². The molecule has 4 heteroatoms. The Morgan fingerprint density at radius 1 is 1.12 bits per heavy atom. The van der Waals surface area contributed by atoms with Gasteiger partial charge in [-0.05, 0) is 37.6 Å². The number of carbonyl (C=O) groups is 1. The van der Waals surface area contributed by atoms with Crippen LogP contribution >= 0.6 is 0 Å². The molecule has 1 amide bonds. The Bertz CT molecular complexity index is 749. The summed E-state index contributed by atoms with van der Waals surface area (Å²) < 4.78 is 0. The van der Waals surface area contributed by atoms with E-state index in [2.05, 4.69) is 11.8 Å². The Labute approximate surface area is 142 Å². The van der Waals surface area contributed by atoms with Crippen LogP contribution in [0.25, 0.3) is 0 Å². The Morgan fingerprint density at radius 3 is 2.33 bits per heavy atom. The van der Waals surface area contributed by atoms with Gasteiger partial charge in [-0.15, -0.1) is 0 Å². The SMILES string of the molecule is CCCN(CC#Cc1ccccc1)C(=O)c1cc(O)c(C)c(O)c1. The first-order valence-corrected chi connectivity index (χ1v) is 7.88. The van der Waals surface area contributed by atoms with Gasteiger partial charge in [0.2, 0.25) is 0 Å². The predicted octanol–water partition coefficient (Wildman–Crippen LogP) is 3.31. The molecule has 2 rings (SSSR count). The van der Waals surface area contributed by atoms with Gasteiger partial charge in [0.05, 0.1) is 6.54 Å². The van der Waals surface area contributed by atoms with Crippen molar-refractivity contribution < 1.29 is 15.0 Å². The van der Waals surface area contributed by atoms with E-state index < -0.39 is 0 Å². The highest BCUT2D eigenvalue weighted by Gasteiger charge is 2.17. The molecular weight excluding hydrogens is 302 g/mol. The average molecular weight is 323 g/mol. The van der Waals surface area contributed by atoms with Gasteiger partial charge >= 0.3 is 0 Å². The van der Waals surface area contributed by atoms with Crippen LogP contribution in [0.3, 0.4) is 0 Å². The van der Waals surface area contributed by atoms with E-state index >= 15 is 0 Å². The van der Waals surface area contributed by atoms with E-state index in [-0.39, 0.29) is 29.5 Å². The molecular formula is C20H21NO3. The molecule has 0 aliphatic carbocycles. The topological polar surface area (TPSA) is 60.8 Å². The lowest BCUT2D eigenvalue weighted by molar-refractivity contribution is 0.0776. The molecule has 2 aromatic rings. The van der Waals surface area contributed by atoms with Crippen LogP contribution in [0.5, 0.6) is 11.5 Å². The van der Waals surface area contributed by atoms with Crippen molar-refractivity contribution in [1.29, 1.82) is 0 Å². The average Bonchev–Trinajstić information content (AvgIpc) is 2.59. The minimum atomic E-state index is -0.259. The number of nitrogens with zero attached hydrogens (tertiary/aromatic N) is 1. The number of rotatable bonds is 4. The van der Waals surface area contributed by atoms with Gasteiger partial charge in [0, 0.05) is 23.2 Å². The van der Waals surface area contributed by atoms with Crippen LogP contribution in [0.4, 0.5) is 0 Å². The van der Waals surface area contributed by atoms with Crippen molar-refractivity contribution in [2.45, 2.75) is 20.3 Å². The van der Waals surface area contributed by atoms with Gasteiger partial charge < -0.3 is 15.1 Å². The van der Waals surface area contributed by atoms with Crippen LogP contribution in [-0.2, 0) is 0 Å². The fourth-order valence-electron chi connectivity index (χ4n) is 2.27. The molecule has 0 saturated carbocycles. The van der Waals surface area contributed by atoms with Crippen molar-refractivity contribution in [2.24, 2.45) is 0 Å². The quantitative estimate of drug-likeness (QED) is 0.849. The van der Waals surface area contributed by atoms with Crippen LogP contribution in [0.2, 0.25) is 0 Å². The van der Waals surface area contributed by atoms with Gasteiger partial charge in [0.1, 0.15) is 11.5 Å². The minimum Gasteiger partial charge on any atom is -0.508 e. The summed E-state index contributed by atoms with van der Waals surface area (Å²) in [6.45, 7) is 4.41. The number of phenolic OH excluding ortho intramolecular Hbond substituents is 2. The fourth-order valence-corrected chi connectivity index (χ4v) is 2.27. The Hall–Kier alpha value is -2.93. The summed E-state index contributed by atoms with van der Waals surface area (Å²) in [6.07, 6.45) is 0.794. The van der Waals surface area contributed by atoms with Gasteiger partial charge in [0.15, 0.2) is 0 Å². The molecule has 24 heavy (non-hydrogen) atoms. The summed E-state index contributed by atoms with van der Waals surface area (Å²) in [4.78, 5) is 14.2. The number of benzene rings is 2. The molecule has 0 unspecified atom stereocenters. The molecule has 124 valence electrons. The third kappa shape index (κ3) is 4.30. The van der Waals surface area contributed by atoms with Gasteiger partial charge in [-0.25, -0.2) is 0 Å². The molecule has 2 aromatic carbocycles. The number of phenols is 2. The van der Waals surface area contributed by atoms with E-state index in [4.69, 9.17) is 0 Å². The van der Waals surface area contributed by atoms with Crippen LogP contribution < -0.4 is 0 Å². The normalized spacial score (nSPS) is 9.92. The first kappa shape index (κ1) is 17.4. The van der Waals surface area contributed by atoms with E-state index in [1.54, 1.807) is 11.8 Å².